The van der Waals surface area contributed by atoms with Gasteiger partial charge in [0.2, 0.25) is 5.91 Å². The second-order valence-electron chi connectivity index (χ2n) is 5.21. The van der Waals surface area contributed by atoms with Crippen molar-refractivity contribution in [1.29, 1.82) is 0 Å². The van der Waals surface area contributed by atoms with Gasteiger partial charge in [-0.1, -0.05) is 0 Å². The van der Waals surface area contributed by atoms with E-state index in [4.69, 9.17) is 4.74 Å². The molecule has 116 valence electrons. The summed E-state index contributed by atoms with van der Waals surface area (Å²) in [5.74, 6) is 0.924. The molecule has 0 spiro atoms. The van der Waals surface area contributed by atoms with E-state index in [0.29, 0.717) is 25.6 Å². The highest BCUT2D eigenvalue weighted by Gasteiger charge is 2.22. The Labute approximate surface area is 121 Å². The minimum atomic E-state index is 0.147. The molecule has 0 aromatic carbocycles. The Morgan fingerprint density at radius 2 is 2.20 bits per heavy atom. The molecule has 0 saturated heterocycles. The number of rotatable bonds is 9. The average Bonchev–Trinajstić information content (AvgIpc) is 3.19. The maximum Gasteiger partial charge on any atom is 0.220 e. The van der Waals surface area contributed by atoms with Crippen LogP contribution in [-0.4, -0.2) is 50.8 Å². The maximum absolute atomic E-state index is 11.5. The first-order valence-electron chi connectivity index (χ1n) is 7.48. The molecule has 1 rings (SSSR count). The van der Waals surface area contributed by atoms with E-state index in [9.17, 15) is 4.79 Å². The number of hydrogen-bond donors (Lipinski definition) is 3. The van der Waals surface area contributed by atoms with Crippen molar-refractivity contribution in [2.75, 3.05) is 26.8 Å². The smallest absolute Gasteiger partial charge is 0.220 e. The summed E-state index contributed by atoms with van der Waals surface area (Å²) in [5, 5.41) is 9.43. The molecule has 1 saturated carbocycles. The van der Waals surface area contributed by atoms with Gasteiger partial charge in [-0.2, -0.15) is 0 Å². The van der Waals surface area contributed by atoms with Gasteiger partial charge in [0.25, 0.3) is 0 Å². The summed E-state index contributed by atoms with van der Waals surface area (Å²) in [5.41, 5.74) is 0. The zero-order chi connectivity index (χ0) is 14.8. The highest BCUT2D eigenvalue weighted by Crippen LogP contribution is 2.18. The molecule has 1 fully saturated rings. The fraction of sp³-hybridized carbons (Fsp3) is 0.857. The lowest BCUT2D eigenvalue weighted by Crippen LogP contribution is -2.44. The van der Waals surface area contributed by atoms with Crippen LogP contribution in [0.2, 0.25) is 0 Å². The van der Waals surface area contributed by atoms with Gasteiger partial charge in [-0.05, 0) is 33.1 Å². The molecule has 1 unspecified atom stereocenters. The van der Waals surface area contributed by atoms with Crippen LogP contribution in [0.4, 0.5) is 0 Å². The van der Waals surface area contributed by atoms with Crippen molar-refractivity contribution in [2.45, 2.75) is 51.6 Å². The summed E-state index contributed by atoms with van der Waals surface area (Å²) < 4.78 is 5.08. The minimum Gasteiger partial charge on any atom is -0.383 e. The molecule has 0 aliphatic heterocycles. The molecule has 0 radical (unpaired) electrons. The Bertz CT molecular complexity index is 316. The number of aliphatic imine (C=N–C) groups is 1. The van der Waals surface area contributed by atoms with E-state index in [0.717, 1.165) is 31.8 Å². The van der Waals surface area contributed by atoms with Crippen LogP contribution >= 0.6 is 0 Å². The van der Waals surface area contributed by atoms with Gasteiger partial charge < -0.3 is 20.7 Å². The normalized spacial score (nSPS) is 16.6. The lowest BCUT2D eigenvalue weighted by atomic mass is 10.3. The third-order valence-corrected chi connectivity index (χ3v) is 2.92. The summed E-state index contributed by atoms with van der Waals surface area (Å²) in [7, 11) is 1.68. The predicted octanol–water partition coefficient (Wildman–Crippen LogP) is 0.635. The van der Waals surface area contributed by atoms with Crippen molar-refractivity contribution in [2.24, 2.45) is 4.99 Å². The third-order valence-electron chi connectivity index (χ3n) is 2.92. The lowest BCUT2D eigenvalue weighted by molar-refractivity contribution is -0.121. The van der Waals surface area contributed by atoms with E-state index in [1.807, 2.05) is 13.8 Å². The maximum atomic E-state index is 11.5. The van der Waals surface area contributed by atoms with E-state index in [1.54, 1.807) is 7.11 Å². The average molecular weight is 284 g/mol. The molecule has 1 aliphatic rings. The Morgan fingerprint density at radius 1 is 1.45 bits per heavy atom. The molecule has 3 N–H and O–H groups in total. The van der Waals surface area contributed by atoms with E-state index in [2.05, 4.69) is 20.9 Å². The second-order valence-corrected chi connectivity index (χ2v) is 5.21. The predicted molar refractivity (Wildman–Crippen MR) is 80.9 cm³/mol. The van der Waals surface area contributed by atoms with Gasteiger partial charge in [0.1, 0.15) is 0 Å². The van der Waals surface area contributed by atoms with Crippen LogP contribution in [0.3, 0.4) is 0 Å². The number of hydrogen-bond acceptors (Lipinski definition) is 3. The Hall–Kier alpha value is -1.30. The van der Waals surface area contributed by atoms with Crippen LogP contribution in [0, 0.1) is 0 Å². The van der Waals surface area contributed by atoms with E-state index in [-0.39, 0.29) is 11.9 Å². The van der Waals surface area contributed by atoms with Crippen LogP contribution < -0.4 is 16.0 Å². The van der Waals surface area contributed by atoms with Crippen molar-refractivity contribution in [3.63, 3.8) is 0 Å². The van der Waals surface area contributed by atoms with Crippen molar-refractivity contribution in [3.8, 4) is 0 Å². The molecule has 0 aromatic rings. The Balaban J connectivity index is 2.20. The molecule has 1 amide bonds. The first-order valence-corrected chi connectivity index (χ1v) is 7.48. The van der Waals surface area contributed by atoms with Crippen LogP contribution in [0.1, 0.15) is 39.5 Å². The number of ether oxygens (including phenoxy) is 1. The van der Waals surface area contributed by atoms with Gasteiger partial charge in [-0.15, -0.1) is 0 Å². The monoisotopic (exact) mass is 284 g/mol. The molecule has 1 aliphatic carbocycles. The summed E-state index contributed by atoms with van der Waals surface area (Å²) >= 11 is 0. The second kappa shape index (κ2) is 9.58. The van der Waals surface area contributed by atoms with Gasteiger partial charge in [-0.25, -0.2) is 0 Å². The lowest BCUT2D eigenvalue weighted by Gasteiger charge is -2.16. The van der Waals surface area contributed by atoms with Crippen molar-refractivity contribution in [1.82, 2.24) is 16.0 Å². The van der Waals surface area contributed by atoms with Crippen molar-refractivity contribution >= 4 is 11.9 Å². The van der Waals surface area contributed by atoms with Crippen LogP contribution in [0.25, 0.3) is 0 Å². The molecule has 6 heteroatoms. The number of methoxy groups -OCH3 is 1. The number of amides is 1. The van der Waals surface area contributed by atoms with Gasteiger partial charge in [0.15, 0.2) is 5.96 Å². The van der Waals surface area contributed by atoms with Crippen molar-refractivity contribution in [3.05, 3.63) is 0 Å². The highest BCUT2D eigenvalue weighted by atomic mass is 16.5. The fourth-order valence-corrected chi connectivity index (χ4v) is 1.80. The van der Waals surface area contributed by atoms with E-state index >= 15 is 0 Å². The molecule has 0 bridgehead atoms. The third kappa shape index (κ3) is 7.99. The SMILES string of the molecule is CCNC(=NCCCC(=O)NC1CC1)NC(C)COC. The highest BCUT2D eigenvalue weighted by molar-refractivity contribution is 5.80. The van der Waals surface area contributed by atoms with Gasteiger partial charge in [0.05, 0.1) is 6.61 Å². The minimum absolute atomic E-state index is 0.147. The zero-order valence-corrected chi connectivity index (χ0v) is 12.9. The standard InChI is InChI=1S/C14H28N4O2/c1-4-15-14(17-11(2)10-20-3)16-9-5-6-13(19)18-12-7-8-12/h11-12H,4-10H2,1-3H3,(H,18,19)(H2,15,16,17). The number of nitrogens with zero attached hydrogens (tertiary/aromatic N) is 1. The number of nitrogens with one attached hydrogen (secondary N) is 3. The number of carbonyl (C=O) groups excluding carboxylic acids is 1. The van der Waals surface area contributed by atoms with E-state index < -0.39 is 0 Å². The first kappa shape index (κ1) is 16.8. The fourth-order valence-electron chi connectivity index (χ4n) is 1.80. The largest absolute Gasteiger partial charge is 0.383 e. The Morgan fingerprint density at radius 3 is 2.80 bits per heavy atom. The summed E-state index contributed by atoms with van der Waals surface area (Å²) in [6.45, 7) is 6.16. The number of guanidine groups is 1. The topological polar surface area (TPSA) is 74.8 Å². The summed E-state index contributed by atoms with van der Waals surface area (Å²) in [6, 6.07) is 0.649. The quantitative estimate of drug-likeness (QED) is 0.330. The first-order chi connectivity index (χ1) is 9.65. The van der Waals surface area contributed by atoms with Gasteiger partial charge in [0, 0.05) is 38.7 Å². The van der Waals surface area contributed by atoms with E-state index in [1.165, 1.54) is 0 Å². The zero-order valence-electron chi connectivity index (χ0n) is 12.9. The molecule has 6 nitrogen and oxygen atoms in total. The van der Waals surface area contributed by atoms with Crippen LogP contribution in [-0.2, 0) is 9.53 Å². The Kier molecular flexibility index (Phi) is 8.02. The molecule has 1 atom stereocenters. The summed E-state index contributed by atoms with van der Waals surface area (Å²) in [4.78, 5) is 16.0. The molecule has 20 heavy (non-hydrogen) atoms. The molecular weight excluding hydrogens is 256 g/mol. The van der Waals surface area contributed by atoms with Crippen molar-refractivity contribution < 1.29 is 9.53 Å². The van der Waals surface area contributed by atoms with Crippen LogP contribution in [0.15, 0.2) is 4.99 Å². The van der Waals surface area contributed by atoms with Gasteiger partial charge >= 0.3 is 0 Å². The number of carbonyl (C=O) groups is 1. The molecule has 0 heterocycles. The van der Waals surface area contributed by atoms with Gasteiger partial charge in [-0.3, -0.25) is 9.79 Å². The van der Waals surface area contributed by atoms with Crippen LogP contribution in [0.5, 0.6) is 0 Å². The molecule has 0 aromatic heterocycles. The molecular formula is C14H28N4O2. The summed E-state index contributed by atoms with van der Waals surface area (Å²) in [6.07, 6.45) is 3.59.